The summed E-state index contributed by atoms with van der Waals surface area (Å²) in [5, 5.41) is 10.6. The summed E-state index contributed by atoms with van der Waals surface area (Å²) in [6.07, 6.45) is 0. The number of benzene rings is 2. The summed E-state index contributed by atoms with van der Waals surface area (Å²) in [4.78, 5) is 34.4. The minimum atomic E-state index is -0.993. The van der Waals surface area contributed by atoms with E-state index in [-0.39, 0.29) is 17.3 Å². The van der Waals surface area contributed by atoms with E-state index < -0.39 is 11.0 Å². The average molecular weight is 297 g/mol. The maximum atomic E-state index is 12.2. The predicted octanol–water partition coefficient (Wildman–Crippen LogP) is 1.96. The molecule has 0 fully saturated rings. The second-order valence-corrected chi connectivity index (χ2v) is 4.78. The van der Waals surface area contributed by atoms with E-state index in [9.17, 15) is 19.7 Å². The van der Waals surface area contributed by atoms with Gasteiger partial charge in [-0.25, -0.2) is 5.43 Å². The Labute approximate surface area is 125 Å². The molecule has 7 heteroatoms. The van der Waals surface area contributed by atoms with Crippen molar-refractivity contribution in [2.24, 2.45) is 0 Å². The number of fused-ring (bicyclic) bond motifs is 1. The van der Waals surface area contributed by atoms with Crippen molar-refractivity contribution in [1.82, 2.24) is 5.43 Å². The number of rotatable bonds is 4. The fraction of sp³-hybridized carbons (Fsp3) is 0.0667. The number of nitrogens with zero attached hydrogens (tertiary/aromatic N) is 1. The highest BCUT2D eigenvalue weighted by Crippen LogP contribution is 2.22. The van der Waals surface area contributed by atoms with Crippen LogP contribution in [0.5, 0.6) is 0 Å². The van der Waals surface area contributed by atoms with Crippen LogP contribution in [0.2, 0.25) is 0 Å². The lowest BCUT2D eigenvalue weighted by Crippen LogP contribution is -2.42. The van der Waals surface area contributed by atoms with Gasteiger partial charge in [0, 0.05) is 28.9 Å². The minimum Gasteiger partial charge on any atom is -0.320 e. The Kier molecular flexibility index (Phi) is 3.40. The number of hydrogen-bond donors (Lipinski definition) is 2. The minimum absolute atomic E-state index is 0.0361. The third-order valence-corrected chi connectivity index (χ3v) is 3.42. The highest BCUT2D eigenvalue weighted by Gasteiger charge is 2.38. The first kappa shape index (κ1) is 13.9. The molecule has 22 heavy (non-hydrogen) atoms. The van der Waals surface area contributed by atoms with Crippen LogP contribution in [0.4, 0.5) is 11.4 Å². The number of hydrogen-bond acceptors (Lipinski definition) is 6. The molecule has 0 aromatic heterocycles. The van der Waals surface area contributed by atoms with Gasteiger partial charge in [0.1, 0.15) is 0 Å². The van der Waals surface area contributed by atoms with Crippen molar-refractivity contribution in [3.05, 3.63) is 69.8 Å². The number of Topliss-reactive ketones (excluding diaryl/α,β-unsaturated/α-hetero) is 2. The zero-order valence-electron chi connectivity index (χ0n) is 11.3. The molecule has 0 bridgehead atoms. The van der Waals surface area contributed by atoms with Gasteiger partial charge in [0.2, 0.25) is 0 Å². The van der Waals surface area contributed by atoms with Crippen molar-refractivity contribution in [2.45, 2.75) is 6.04 Å². The van der Waals surface area contributed by atoms with E-state index in [0.717, 1.165) is 0 Å². The Morgan fingerprint density at radius 3 is 1.95 bits per heavy atom. The van der Waals surface area contributed by atoms with E-state index >= 15 is 0 Å². The second-order valence-electron chi connectivity index (χ2n) is 4.78. The van der Waals surface area contributed by atoms with Crippen LogP contribution < -0.4 is 10.9 Å². The van der Waals surface area contributed by atoms with Crippen LogP contribution in [-0.2, 0) is 0 Å². The van der Waals surface area contributed by atoms with Crippen LogP contribution >= 0.6 is 0 Å². The molecular weight excluding hydrogens is 286 g/mol. The summed E-state index contributed by atoms with van der Waals surface area (Å²) in [6, 6.07) is 11.3. The molecule has 0 unspecified atom stereocenters. The first-order valence-electron chi connectivity index (χ1n) is 6.51. The zero-order valence-corrected chi connectivity index (χ0v) is 11.3. The Morgan fingerprint density at radius 2 is 1.45 bits per heavy atom. The third kappa shape index (κ3) is 2.33. The van der Waals surface area contributed by atoms with Gasteiger partial charge in [0.05, 0.1) is 4.92 Å². The average Bonchev–Trinajstić information content (AvgIpc) is 2.78. The SMILES string of the molecule is O=C1c2ccccc2C(=O)C1NNc1ccc([N+](=O)[O-])cc1. The van der Waals surface area contributed by atoms with Gasteiger partial charge in [-0.05, 0) is 12.1 Å². The number of ketones is 2. The van der Waals surface area contributed by atoms with Crippen LogP contribution in [-0.4, -0.2) is 22.5 Å². The molecule has 0 spiro atoms. The summed E-state index contributed by atoms with van der Waals surface area (Å²) < 4.78 is 0. The lowest BCUT2D eigenvalue weighted by atomic mass is 10.1. The molecule has 2 N–H and O–H groups in total. The Balaban J connectivity index is 1.71. The quantitative estimate of drug-likeness (QED) is 0.508. The Morgan fingerprint density at radius 1 is 0.909 bits per heavy atom. The van der Waals surface area contributed by atoms with Gasteiger partial charge in [-0.3, -0.25) is 19.7 Å². The van der Waals surface area contributed by atoms with Gasteiger partial charge in [-0.2, -0.15) is 0 Å². The van der Waals surface area contributed by atoms with Gasteiger partial charge in [-0.15, -0.1) is 0 Å². The molecule has 0 heterocycles. The van der Waals surface area contributed by atoms with Crippen LogP contribution in [0.3, 0.4) is 0 Å². The number of non-ortho nitro benzene ring substituents is 1. The van der Waals surface area contributed by atoms with Crippen molar-refractivity contribution < 1.29 is 14.5 Å². The molecule has 110 valence electrons. The maximum Gasteiger partial charge on any atom is 0.269 e. The Hall–Kier alpha value is -3.06. The molecule has 1 aliphatic carbocycles. The van der Waals surface area contributed by atoms with Gasteiger partial charge in [-0.1, -0.05) is 24.3 Å². The topological polar surface area (TPSA) is 101 Å². The van der Waals surface area contributed by atoms with Crippen LogP contribution in [0.1, 0.15) is 20.7 Å². The molecule has 0 atom stereocenters. The van der Waals surface area contributed by atoms with Crippen molar-refractivity contribution >= 4 is 22.9 Å². The summed E-state index contributed by atoms with van der Waals surface area (Å²) >= 11 is 0. The van der Waals surface area contributed by atoms with Gasteiger partial charge < -0.3 is 5.43 Å². The van der Waals surface area contributed by atoms with E-state index in [0.29, 0.717) is 16.8 Å². The number of nitro benzene ring substituents is 1. The van der Waals surface area contributed by atoms with Crippen LogP contribution in [0, 0.1) is 10.1 Å². The normalized spacial score (nSPS) is 14.0. The van der Waals surface area contributed by atoms with Crippen LogP contribution in [0.25, 0.3) is 0 Å². The molecule has 7 nitrogen and oxygen atoms in total. The summed E-state index contributed by atoms with van der Waals surface area (Å²) in [7, 11) is 0. The monoisotopic (exact) mass is 297 g/mol. The maximum absolute atomic E-state index is 12.2. The third-order valence-electron chi connectivity index (χ3n) is 3.42. The summed E-state index contributed by atoms with van der Waals surface area (Å²) in [5.74, 6) is -0.593. The van der Waals surface area contributed by atoms with E-state index in [1.807, 2.05) is 0 Å². The lowest BCUT2D eigenvalue weighted by molar-refractivity contribution is -0.384. The van der Waals surface area contributed by atoms with E-state index in [2.05, 4.69) is 10.9 Å². The molecule has 0 radical (unpaired) electrons. The number of carbonyl (C=O) groups is 2. The highest BCUT2D eigenvalue weighted by molar-refractivity contribution is 6.29. The fourth-order valence-corrected chi connectivity index (χ4v) is 2.30. The summed E-state index contributed by atoms with van der Waals surface area (Å²) in [5.41, 5.74) is 6.69. The first-order valence-corrected chi connectivity index (χ1v) is 6.51. The van der Waals surface area contributed by atoms with Gasteiger partial charge in [0.15, 0.2) is 17.6 Å². The lowest BCUT2D eigenvalue weighted by Gasteiger charge is -2.12. The van der Waals surface area contributed by atoms with Crippen molar-refractivity contribution in [1.29, 1.82) is 0 Å². The van der Waals surface area contributed by atoms with E-state index in [1.165, 1.54) is 24.3 Å². The van der Waals surface area contributed by atoms with Gasteiger partial charge in [0.25, 0.3) is 5.69 Å². The number of anilines is 1. The standard InChI is InChI=1S/C15H11N3O4/c19-14-11-3-1-2-4-12(11)15(20)13(14)17-16-9-5-7-10(8-6-9)18(21)22/h1-8,13,16-17H. The van der Waals surface area contributed by atoms with Crippen molar-refractivity contribution in [3.63, 3.8) is 0 Å². The fourth-order valence-electron chi connectivity index (χ4n) is 2.30. The van der Waals surface area contributed by atoms with E-state index in [4.69, 9.17) is 0 Å². The molecule has 0 saturated carbocycles. The number of nitro groups is 1. The molecule has 0 aliphatic heterocycles. The van der Waals surface area contributed by atoms with Gasteiger partial charge >= 0.3 is 0 Å². The molecule has 2 aromatic carbocycles. The summed E-state index contributed by atoms with van der Waals surface area (Å²) in [6.45, 7) is 0. The van der Waals surface area contributed by atoms with Crippen molar-refractivity contribution in [3.8, 4) is 0 Å². The highest BCUT2D eigenvalue weighted by atomic mass is 16.6. The zero-order chi connectivity index (χ0) is 15.7. The smallest absolute Gasteiger partial charge is 0.269 e. The second kappa shape index (κ2) is 5.38. The molecular formula is C15H11N3O4. The Bertz CT molecular complexity index is 736. The molecule has 3 rings (SSSR count). The first-order chi connectivity index (χ1) is 10.6. The van der Waals surface area contributed by atoms with Crippen molar-refractivity contribution in [2.75, 3.05) is 5.43 Å². The number of hydrazine groups is 1. The van der Waals surface area contributed by atoms with Crippen LogP contribution in [0.15, 0.2) is 48.5 Å². The predicted molar refractivity (Wildman–Crippen MR) is 78.7 cm³/mol. The molecule has 0 amide bonds. The number of nitrogens with one attached hydrogen (secondary N) is 2. The molecule has 1 aliphatic rings. The number of carbonyl (C=O) groups excluding carboxylic acids is 2. The molecule has 0 saturated heterocycles. The van der Waals surface area contributed by atoms with E-state index in [1.54, 1.807) is 24.3 Å². The molecule has 2 aromatic rings. The largest absolute Gasteiger partial charge is 0.320 e.